The second-order valence-corrected chi connectivity index (χ2v) is 5.03. The molecule has 1 heterocycles. The molecule has 0 fully saturated rings. The first-order chi connectivity index (χ1) is 9.95. The number of nitro groups is 1. The molecule has 0 unspecified atom stereocenters. The first kappa shape index (κ1) is 13.4. The summed E-state index contributed by atoms with van der Waals surface area (Å²) in [6.45, 7) is 1.74. The van der Waals surface area contributed by atoms with E-state index in [1.807, 2.05) is 0 Å². The molecule has 0 aliphatic carbocycles. The first-order valence-corrected chi connectivity index (χ1v) is 6.44. The van der Waals surface area contributed by atoms with Gasteiger partial charge in [0.1, 0.15) is 5.52 Å². The zero-order valence-corrected chi connectivity index (χ0v) is 11.7. The number of aryl methyl sites for hydroxylation is 1. The number of hydrogen-bond donors (Lipinski definition) is 1. The van der Waals surface area contributed by atoms with E-state index in [1.54, 1.807) is 25.1 Å². The number of fused-ring (bicyclic) bond motifs is 1. The van der Waals surface area contributed by atoms with Crippen LogP contribution >= 0.6 is 11.6 Å². The summed E-state index contributed by atoms with van der Waals surface area (Å²) < 4.78 is 5.68. The lowest BCUT2D eigenvalue weighted by atomic mass is 10.2. The molecule has 1 aromatic heterocycles. The number of nitrogen functional groups attached to an aromatic ring is 1. The lowest BCUT2D eigenvalue weighted by Gasteiger charge is -1.99. The summed E-state index contributed by atoms with van der Waals surface area (Å²) in [6.07, 6.45) is 0. The number of non-ortho nitro benzene ring substituents is 1. The van der Waals surface area contributed by atoms with E-state index in [-0.39, 0.29) is 5.69 Å². The van der Waals surface area contributed by atoms with Gasteiger partial charge in [0, 0.05) is 23.3 Å². The molecule has 0 radical (unpaired) electrons. The van der Waals surface area contributed by atoms with Gasteiger partial charge in [-0.1, -0.05) is 11.6 Å². The van der Waals surface area contributed by atoms with Gasteiger partial charge in [0.2, 0.25) is 5.89 Å². The summed E-state index contributed by atoms with van der Waals surface area (Å²) in [5, 5.41) is 11.3. The Hall–Kier alpha value is -2.60. The van der Waals surface area contributed by atoms with Gasteiger partial charge in [-0.3, -0.25) is 10.1 Å². The zero-order valence-electron chi connectivity index (χ0n) is 11.0. The lowest BCUT2D eigenvalue weighted by Crippen LogP contribution is -1.88. The van der Waals surface area contributed by atoms with E-state index in [0.29, 0.717) is 38.8 Å². The molecule has 0 bridgehead atoms. The monoisotopic (exact) mass is 303 g/mol. The highest BCUT2D eigenvalue weighted by molar-refractivity contribution is 6.33. The Kier molecular flexibility index (Phi) is 3.03. The molecule has 6 nitrogen and oxygen atoms in total. The van der Waals surface area contributed by atoms with Crippen molar-refractivity contribution in [3.05, 3.63) is 51.0 Å². The number of benzene rings is 2. The molecule has 2 N–H and O–H groups in total. The lowest BCUT2D eigenvalue weighted by molar-refractivity contribution is -0.384. The number of nitrogens with two attached hydrogens (primary N) is 1. The zero-order chi connectivity index (χ0) is 15.1. The Morgan fingerprint density at radius 2 is 2.10 bits per heavy atom. The summed E-state index contributed by atoms with van der Waals surface area (Å²) in [4.78, 5) is 14.7. The second-order valence-electron chi connectivity index (χ2n) is 4.62. The minimum atomic E-state index is -0.457. The van der Waals surface area contributed by atoms with Crippen LogP contribution in [0.5, 0.6) is 0 Å². The van der Waals surface area contributed by atoms with Gasteiger partial charge in [-0.2, -0.15) is 0 Å². The Labute approximate surface area is 124 Å². The fourth-order valence-corrected chi connectivity index (χ4v) is 2.20. The van der Waals surface area contributed by atoms with E-state index in [1.165, 1.54) is 12.1 Å². The van der Waals surface area contributed by atoms with Crippen molar-refractivity contribution < 1.29 is 9.34 Å². The average molecular weight is 304 g/mol. The van der Waals surface area contributed by atoms with Gasteiger partial charge < -0.3 is 10.2 Å². The number of rotatable bonds is 2. The fourth-order valence-electron chi connectivity index (χ4n) is 2.09. The predicted molar refractivity (Wildman–Crippen MR) is 80.3 cm³/mol. The number of aromatic nitrogens is 1. The second kappa shape index (κ2) is 4.75. The van der Waals surface area contributed by atoms with E-state index in [2.05, 4.69) is 4.98 Å². The van der Waals surface area contributed by atoms with Crippen LogP contribution in [0.25, 0.3) is 22.6 Å². The van der Waals surface area contributed by atoms with Gasteiger partial charge in [-0.05, 0) is 25.1 Å². The van der Waals surface area contributed by atoms with Crippen LogP contribution in [0.3, 0.4) is 0 Å². The Morgan fingerprint density at radius 3 is 2.76 bits per heavy atom. The van der Waals surface area contributed by atoms with Crippen LogP contribution in [0.2, 0.25) is 5.02 Å². The van der Waals surface area contributed by atoms with Crippen molar-refractivity contribution in [1.29, 1.82) is 0 Å². The van der Waals surface area contributed by atoms with Crippen molar-refractivity contribution in [3.63, 3.8) is 0 Å². The van der Waals surface area contributed by atoms with E-state index in [4.69, 9.17) is 21.8 Å². The van der Waals surface area contributed by atoms with Crippen molar-refractivity contribution in [3.8, 4) is 11.5 Å². The standard InChI is InChI=1S/C14H10ClN3O3/c1-7-4-9(18(19)20)6-12-13(7)21-14(17-12)8-2-3-10(15)11(16)5-8/h2-6H,16H2,1H3. The molecule has 7 heteroatoms. The maximum Gasteiger partial charge on any atom is 0.272 e. The minimum absolute atomic E-state index is 0.0181. The maximum absolute atomic E-state index is 10.9. The molecule has 3 rings (SSSR count). The normalized spacial score (nSPS) is 11.0. The smallest absolute Gasteiger partial charge is 0.272 e. The van der Waals surface area contributed by atoms with E-state index >= 15 is 0 Å². The van der Waals surface area contributed by atoms with E-state index < -0.39 is 4.92 Å². The highest BCUT2D eigenvalue weighted by atomic mass is 35.5. The molecular weight excluding hydrogens is 294 g/mol. The van der Waals surface area contributed by atoms with Gasteiger partial charge in [-0.15, -0.1) is 0 Å². The molecule has 0 saturated carbocycles. The predicted octanol–water partition coefficient (Wildman–Crippen LogP) is 3.95. The van der Waals surface area contributed by atoms with Crippen LogP contribution in [-0.4, -0.2) is 9.91 Å². The molecule has 0 aliphatic rings. The number of nitrogens with zero attached hydrogens (tertiary/aromatic N) is 2. The third kappa shape index (κ3) is 2.30. The number of nitro benzene ring substituents is 1. The molecule has 0 amide bonds. The summed E-state index contributed by atoms with van der Waals surface area (Å²) in [5.74, 6) is 0.344. The Balaban J connectivity index is 2.18. The van der Waals surface area contributed by atoms with Crippen LogP contribution < -0.4 is 5.73 Å². The molecule has 0 spiro atoms. The largest absolute Gasteiger partial charge is 0.436 e. The highest BCUT2D eigenvalue weighted by Crippen LogP contribution is 2.31. The summed E-state index contributed by atoms with van der Waals surface area (Å²) >= 11 is 5.88. The number of anilines is 1. The number of halogens is 1. The number of oxazole rings is 1. The average Bonchev–Trinajstić information content (AvgIpc) is 2.86. The summed E-state index contributed by atoms with van der Waals surface area (Å²) in [6, 6.07) is 7.86. The van der Waals surface area contributed by atoms with Gasteiger partial charge in [0.25, 0.3) is 5.69 Å². The van der Waals surface area contributed by atoms with Crippen LogP contribution in [0.4, 0.5) is 11.4 Å². The first-order valence-electron chi connectivity index (χ1n) is 6.06. The van der Waals surface area contributed by atoms with Crippen LogP contribution in [0.1, 0.15) is 5.56 Å². The summed E-state index contributed by atoms with van der Waals surface area (Å²) in [5.41, 5.74) is 8.42. The quantitative estimate of drug-likeness (QED) is 0.439. The summed E-state index contributed by atoms with van der Waals surface area (Å²) in [7, 11) is 0. The molecule has 2 aromatic carbocycles. The highest BCUT2D eigenvalue weighted by Gasteiger charge is 2.16. The van der Waals surface area contributed by atoms with Crippen molar-refractivity contribution in [2.24, 2.45) is 0 Å². The van der Waals surface area contributed by atoms with Gasteiger partial charge in [0.05, 0.1) is 15.6 Å². The van der Waals surface area contributed by atoms with Crippen molar-refractivity contribution in [2.45, 2.75) is 6.92 Å². The van der Waals surface area contributed by atoms with Gasteiger partial charge >= 0.3 is 0 Å². The minimum Gasteiger partial charge on any atom is -0.436 e. The molecular formula is C14H10ClN3O3. The molecule has 3 aromatic rings. The van der Waals surface area contributed by atoms with Gasteiger partial charge in [0.15, 0.2) is 5.58 Å². The maximum atomic E-state index is 10.9. The van der Waals surface area contributed by atoms with E-state index in [9.17, 15) is 10.1 Å². The van der Waals surface area contributed by atoms with E-state index in [0.717, 1.165) is 0 Å². The van der Waals surface area contributed by atoms with Crippen LogP contribution in [0, 0.1) is 17.0 Å². The van der Waals surface area contributed by atoms with Crippen molar-refractivity contribution >= 4 is 34.1 Å². The molecule has 0 aliphatic heterocycles. The van der Waals surface area contributed by atoms with Gasteiger partial charge in [-0.25, -0.2) is 4.98 Å². The Morgan fingerprint density at radius 1 is 1.33 bits per heavy atom. The SMILES string of the molecule is Cc1cc([N+](=O)[O-])cc2nc(-c3ccc(Cl)c(N)c3)oc12. The van der Waals surface area contributed by atoms with Crippen LogP contribution in [-0.2, 0) is 0 Å². The Bertz CT molecular complexity index is 873. The fraction of sp³-hybridized carbons (Fsp3) is 0.0714. The molecule has 0 atom stereocenters. The van der Waals surface area contributed by atoms with Crippen LogP contribution in [0.15, 0.2) is 34.7 Å². The topological polar surface area (TPSA) is 95.2 Å². The molecule has 0 saturated heterocycles. The molecule has 21 heavy (non-hydrogen) atoms. The van der Waals surface area contributed by atoms with Crippen molar-refractivity contribution in [1.82, 2.24) is 4.98 Å². The molecule has 106 valence electrons. The third-order valence-electron chi connectivity index (χ3n) is 3.11. The third-order valence-corrected chi connectivity index (χ3v) is 3.46. The number of hydrogen-bond acceptors (Lipinski definition) is 5. The van der Waals surface area contributed by atoms with Crippen molar-refractivity contribution in [2.75, 3.05) is 5.73 Å².